The number of anilines is 1. The molecule has 23 heavy (non-hydrogen) atoms. The van der Waals surface area contributed by atoms with Gasteiger partial charge in [0.15, 0.2) is 11.9 Å². The van der Waals surface area contributed by atoms with Crippen LogP contribution >= 0.6 is 0 Å². The highest BCUT2D eigenvalue weighted by Crippen LogP contribution is 2.34. The first kappa shape index (κ1) is 15.5. The molecule has 1 aliphatic rings. The van der Waals surface area contributed by atoms with Crippen LogP contribution in [0.5, 0.6) is 5.75 Å². The third-order valence-electron chi connectivity index (χ3n) is 3.86. The molecular weight excluding hydrogens is 296 g/mol. The molecule has 1 aromatic carbocycles. The van der Waals surface area contributed by atoms with Gasteiger partial charge in [0.1, 0.15) is 12.3 Å². The van der Waals surface area contributed by atoms with Crippen molar-refractivity contribution < 1.29 is 14.1 Å². The first-order valence-electron chi connectivity index (χ1n) is 7.64. The van der Waals surface area contributed by atoms with Gasteiger partial charge in [0, 0.05) is 12.5 Å². The van der Waals surface area contributed by atoms with Gasteiger partial charge >= 0.3 is 0 Å². The first-order valence-corrected chi connectivity index (χ1v) is 7.64. The molecule has 0 bridgehead atoms. The fourth-order valence-electron chi connectivity index (χ4n) is 2.47. The lowest BCUT2D eigenvalue weighted by Gasteiger charge is -2.31. The zero-order valence-corrected chi connectivity index (χ0v) is 13.4. The maximum absolute atomic E-state index is 12.4. The largest absolute Gasteiger partial charge is 0.479 e. The Hall–Kier alpha value is -2.41. The number of amides is 1. The van der Waals surface area contributed by atoms with Crippen LogP contribution in [0.25, 0.3) is 0 Å². The molecule has 7 heteroatoms. The molecule has 0 saturated carbocycles. The van der Waals surface area contributed by atoms with Crippen LogP contribution in [0.3, 0.4) is 0 Å². The molecule has 2 atom stereocenters. The van der Waals surface area contributed by atoms with E-state index in [0.29, 0.717) is 23.9 Å². The molecule has 7 nitrogen and oxygen atoms in total. The van der Waals surface area contributed by atoms with Crippen molar-refractivity contribution in [3.63, 3.8) is 0 Å². The van der Waals surface area contributed by atoms with Crippen LogP contribution in [0.15, 0.2) is 28.8 Å². The molecule has 2 unspecified atom stereocenters. The van der Waals surface area contributed by atoms with E-state index in [-0.39, 0.29) is 18.5 Å². The van der Waals surface area contributed by atoms with Crippen molar-refractivity contribution in [2.75, 3.05) is 11.9 Å². The van der Waals surface area contributed by atoms with Gasteiger partial charge in [-0.05, 0) is 33.0 Å². The molecule has 2 aromatic rings. The Morgan fingerprint density at radius 3 is 2.96 bits per heavy atom. The maximum Gasteiger partial charge on any atom is 0.268 e. The average Bonchev–Trinajstić information content (AvgIpc) is 2.98. The number of nitrogens with one attached hydrogen (secondary N) is 1. The monoisotopic (exact) mass is 316 g/mol. The van der Waals surface area contributed by atoms with E-state index in [2.05, 4.69) is 15.5 Å². The van der Waals surface area contributed by atoms with Crippen molar-refractivity contribution >= 4 is 11.6 Å². The summed E-state index contributed by atoms with van der Waals surface area (Å²) in [6, 6.07) is 7.69. The van der Waals surface area contributed by atoms with Crippen LogP contribution < -0.4 is 15.0 Å². The molecule has 0 radical (unpaired) electrons. The lowest BCUT2D eigenvalue weighted by atomic mass is 10.2. The number of carbonyl (C=O) groups is 1. The number of fused-ring (bicyclic) bond motifs is 1. The van der Waals surface area contributed by atoms with Crippen LogP contribution in [-0.2, 0) is 17.8 Å². The van der Waals surface area contributed by atoms with E-state index in [0.717, 1.165) is 5.69 Å². The van der Waals surface area contributed by atoms with Crippen molar-refractivity contribution in [2.45, 2.75) is 39.0 Å². The van der Waals surface area contributed by atoms with Crippen LogP contribution in [0.4, 0.5) is 5.69 Å². The number of nitrogens with zero attached hydrogens (tertiary/aromatic N) is 3. The molecule has 0 aliphatic carbocycles. The van der Waals surface area contributed by atoms with E-state index < -0.39 is 6.10 Å². The summed E-state index contributed by atoms with van der Waals surface area (Å²) in [7, 11) is 1.89. The topological polar surface area (TPSA) is 80.5 Å². The molecule has 122 valence electrons. The lowest BCUT2D eigenvalue weighted by molar-refractivity contribution is -0.125. The second-order valence-corrected chi connectivity index (χ2v) is 5.65. The Kier molecular flexibility index (Phi) is 4.29. The maximum atomic E-state index is 12.4. The minimum Gasteiger partial charge on any atom is -0.479 e. The summed E-state index contributed by atoms with van der Waals surface area (Å²) in [6.45, 7) is 4.02. The molecular formula is C16H20N4O3. The number of benzene rings is 1. The highest BCUT2D eigenvalue weighted by molar-refractivity contribution is 5.99. The minimum absolute atomic E-state index is 0.118. The van der Waals surface area contributed by atoms with E-state index in [1.54, 1.807) is 11.8 Å². The van der Waals surface area contributed by atoms with Crippen molar-refractivity contribution in [1.82, 2.24) is 15.5 Å². The molecule has 2 heterocycles. The van der Waals surface area contributed by atoms with Gasteiger partial charge < -0.3 is 14.6 Å². The molecule has 1 N–H and O–H groups in total. The van der Waals surface area contributed by atoms with Crippen LogP contribution in [0.1, 0.15) is 25.6 Å². The molecule has 1 aromatic heterocycles. The molecule has 0 fully saturated rings. The number of hydrogen-bond donors (Lipinski definition) is 1. The number of likely N-dealkylation sites (N-methyl/N-ethyl adjacent to an activating group) is 1. The van der Waals surface area contributed by atoms with Crippen molar-refractivity contribution in [2.24, 2.45) is 0 Å². The van der Waals surface area contributed by atoms with Crippen LogP contribution in [-0.4, -0.2) is 35.2 Å². The highest BCUT2D eigenvalue weighted by Gasteiger charge is 2.32. The third kappa shape index (κ3) is 3.19. The van der Waals surface area contributed by atoms with E-state index in [1.165, 1.54) is 0 Å². The average molecular weight is 316 g/mol. The van der Waals surface area contributed by atoms with Crippen molar-refractivity contribution in [3.05, 3.63) is 36.0 Å². The van der Waals surface area contributed by atoms with E-state index >= 15 is 0 Å². The van der Waals surface area contributed by atoms with Gasteiger partial charge in [-0.3, -0.25) is 9.69 Å². The number of ether oxygens (including phenoxy) is 1. The van der Waals surface area contributed by atoms with Crippen molar-refractivity contribution in [3.8, 4) is 5.75 Å². The predicted octanol–water partition coefficient (Wildman–Crippen LogP) is 1.53. The van der Waals surface area contributed by atoms with Crippen molar-refractivity contribution in [1.29, 1.82) is 0 Å². The molecule has 1 aliphatic heterocycles. The number of aromatic nitrogens is 2. The van der Waals surface area contributed by atoms with Gasteiger partial charge in [-0.25, -0.2) is 0 Å². The van der Waals surface area contributed by atoms with E-state index in [1.807, 2.05) is 38.2 Å². The quantitative estimate of drug-likeness (QED) is 0.901. The second kappa shape index (κ2) is 6.37. The van der Waals surface area contributed by atoms with Gasteiger partial charge in [0.2, 0.25) is 5.89 Å². The molecule has 3 rings (SSSR count). The molecule has 1 amide bonds. The van der Waals surface area contributed by atoms with E-state index in [4.69, 9.17) is 9.26 Å². The zero-order valence-electron chi connectivity index (χ0n) is 13.4. The zero-order chi connectivity index (χ0) is 16.4. The Balaban J connectivity index is 1.80. The van der Waals surface area contributed by atoms with Gasteiger partial charge in [-0.2, -0.15) is 4.98 Å². The fourth-order valence-corrected chi connectivity index (χ4v) is 2.47. The number of para-hydroxylation sites is 2. The SMILES string of the molecule is CNC(C)Cc1noc(CN2C(=O)C(C)Oc3ccccc32)n1. The Morgan fingerprint density at radius 2 is 2.17 bits per heavy atom. The standard InChI is InChI=1S/C16H20N4O3/c1-10(17-3)8-14-18-15(23-19-14)9-20-12-6-4-5-7-13(12)22-11(2)16(20)21/h4-7,10-11,17H,8-9H2,1-3H3. The molecule has 0 spiro atoms. The summed E-state index contributed by atoms with van der Waals surface area (Å²) in [5, 5.41) is 7.10. The summed E-state index contributed by atoms with van der Waals surface area (Å²) in [6.07, 6.45) is 0.140. The predicted molar refractivity (Wildman–Crippen MR) is 84.2 cm³/mol. The number of carbonyl (C=O) groups excluding carboxylic acids is 1. The third-order valence-corrected chi connectivity index (χ3v) is 3.86. The van der Waals surface area contributed by atoms with Gasteiger partial charge in [0.25, 0.3) is 5.91 Å². The van der Waals surface area contributed by atoms with Gasteiger partial charge in [-0.1, -0.05) is 17.3 Å². The van der Waals surface area contributed by atoms with Gasteiger partial charge in [-0.15, -0.1) is 0 Å². The summed E-state index contributed by atoms with van der Waals surface area (Å²) in [5.41, 5.74) is 0.721. The molecule has 0 saturated heterocycles. The Morgan fingerprint density at radius 1 is 1.39 bits per heavy atom. The lowest BCUT2D eigenvalue weighted by Crippen LogP contribution is -2.44. The summed E-state index contributed by atoms with van der Waals surface area (Å²) in [4.78, 5) is 18.4. The second-order valence-electron chi connectivity index (χ2n) is 5.65. The Labute approximate surface area is 134 Å². The summed E-state index contributed by atoms with van der Waals surface area (Å²) in [5.74, 6) is 1.61. The Bertz CT molecular complexity index is 700. The smallest absolute Gasteiger partial charge is 0.268 e. The normalized spacial score (nSPS) is 18.5. The fraction of sp³-hybridized carbons (Fsp3) is 0.438. The van der Waals surface area contributed by atoms with Gasteiger partial charge in [0.05, 0.1) is 5.69 Å². The number of hydrogen-bond acceptors (Lipinski definition) is 6. The first-order chi connectivity index (χ1) is 11.1. The van der Waals surface area contributed by atoms with Crippen LogP contribution in [0.2, 0.25) is 0 Å². The summed E-state index contributed by atoms with van der Waals surface area (Å²) < 4.78 is 10.9. The highest BCUT2D eigenvalue weighted by atomic mass is 16.5. The summed E-state index contributed by atoms with van der Waals surface area (Å²) >= 11 is 0. The van der Waals surface area contributed by atoms with Crippen LogP contribution in [0, 0.1) is 0 Å². The minimum atomic E-state index is -0.531. The van der Waals surface area contributed by atoms with E-state index in [9.17, 15) is 4.79 Å². The number of rotatable bonds is 5.